The molecule has 0 spiro atoms. The average Bonchev–Trinajstić information content (AvgIpc) is 2.96. The van der Waals surface area contributed by atoms with Crippen molar-refractivity contribution in [1.29, 1.82) is 0 Å². The lowest BCUT2D eigenvalue weighted by Crippen LogP contribution is -2.28. The number of amides is 1. The number of aliphatic carboxylic acids is 1. The molecule has 2 N–H and O–H groups in total. The Balaban J connectivity index is 1.95. The summed E-state index contributed by atoms with van der Waals surface area (Å²) >= 11 is 0. The van der Waals surface area contributed by atoms with Crippen LogP contribution in [0.5, 0.6) is 0 Å². The number of pyridine rings is 1. The Bertz CT molecular complexity index is 520. The molecule has 1 saturated carbocycles. The predicted molar refractivity (Wildman–Crippen MR) is 75.2 cm³/mol. The van der Waals surface area contributed by atoms with Gasteiger partial charge in [0.05, 0.1) is 5.56 Å². The van der Waals surface area contributed by atoms with Crippen molar-refractivity contribution in [3.63, 3.8) is 0 Å². The van der Waals surface area contributed by atoms with E-state index in [2.05, 4.69) is 10.3 Å². The minimum atomic E-state index is -1.03. The molecule has 1 fully saturated rings. The van der Waals surface area contributed by atoms with Gasteiger partial charge >= 0.3 is 5.97 Å². The molecule has 0 unspecified atom stereocenters. The van der Waals surface area contributed by atoms with E-state index in [4.69, 9.17) is 5.11 Å². The van der Waals surface area contributed by atoms with Crippen LogP contribution in [0.3, 0.4) is 0 Å². The van der Waals surface area contributed by atoms with E-state index in [0.29, 0.717) is 23.6 Å². The van der Waals surface area contributed by atoms with E-state index in [1.165, 1.54) is 44.2 Å². The van der Waals surface area contributed by atoms with Gasteiger partial charge in [-0.25, -0.2) is 4.79 Å². The molecule has 1 amide bonds. The number of aromatic nitrogens is 1. The Morgan fingerprint density at radius 1 is 1.35 bits per heavy atom. The summed E-state index contributed by atoms with van der Waals surface area (Å²) in [4.78, 5) is 26.4. The fraction of sp³-hybridized carbons (Fsp3) is 0.400. The molecule has 5 nitrogen and oxygen atoms in total. The predicted octanol–water partition coefficient (Wildman–Crippen LogP) is 2.10. The lowest BCUT2D eigenvalue weighted by molar-refractivity contribution is -0.131. The van der Waals surface area contributed by atoms with Crippen LogP contribution in [-0.4, -0.2) is 28.5 Å². The molecule has 20 heavy (non-hydrogen) atoms. The van der Waals surface area contributed by atoms with Crippen molar-refractivity contribution in [3.8, 4) is 0 Å². The average molecular weight is 274 g/mol. The van der Waals surface area contributed by atoms with Crippen LogP contribution in [-0.2, 0) is 4.79 Å². The van der Waals surface area contributed by atoms with Gasteiger partial charge < -0.3 is 10.4 Å². The number of carboxylic acids is 1. The molecule has 1 aliphatic rings. The molecule has 0 bridgehead atoms. The number of carboxylic acid groups (broad SMARTS) is 1. The molecule has 106 valence electrons. The van der Waals surface area contributed by atoms with E-state index in [-0.39, 0.29) is 5.91 Å². The van der Waals surface area contributed by atoms with Crippen LogP contribution in [0.2, 0.25) is 0 Å². The number of carbonyl (C=O) groups excluding carboxylic acids is 1. The van der Waals surface area contributed by atoms with Crippen molar-refractivity contribution in [3.05, 3.63) is 35.7 Å². The summed E-state index contributed by atoms with van der Waals surface area (Å²) in [7, 11) is 0. The van der Waals surface area contributed by atoms with Crippen LogP contribution in [0.1, 0.15) is 41.6 Å². The maximum Gasteiger partial charge on any atom is 0.328 e. The summed E-state index contributed by atoms with van der Waals surface area (Å²) in [5.74, 6) is -0.599. The molecule has 0 atom stereocenters. The van der Waals surface area contributed by atoms with E-state index in [0.717, 1.165) is 6.08 Å². The summed E-state index contributed by atoms with van der Waals surface area (Å²) in [6.45, 7) is 0.702. The van der Waals surface area contributed by atoms with Crippen molar-refractivity contribution in [2.75, 3.05) is 6.54 Å². The minimum Gasteiger partial charge on any atom is -0.478 e. The molecule has 1 aromatic rings. The lowest BCUT2D eigenvalue weighted by Gasteiger charge is -2.10. The molecule has 0 aliphatic heterocycles. The van der Waals surface area contributed by atoms with Gasteiger partial charge in [-0.3, -0.25) is 9.78 Å². The van der Waals surface area contributed by atoms with Gasteiger partial charge in [-0.05, 0) is 36.5 Å². The highest BCUT2D eigenvalue weighted by atomic mass is 16.4. The molecular formula is C15H18N2O3. The number of nitrogens with zero attached hydrogens (tertiary/aromatic N) is 1. The number of carbonyl (C=O) groups is 2. The quantitative estimate of drug-likeness (QED) is 0.806. The fourth-order valence-corrected chi connectivity index (χ4v) is 2.39. The smallest absolute Gasteiger partial charge is 0.328 e. The largest absolute Gasteiger partial charge is 0.478 e. The van der Waals surface area contributed by atoms with Gasteiger partial charge in [0.25, 0.3) is 5.91 Å². The molecule has 1 aliphatic carbocycles. The number of rotatable bonds is 5. The number of hydrogen-bond donors (Lipinski definition) is 2. The first kappa shape index (κ1) is 14.2. The molecule has 1 heterocycles. The normalized spacial score (nSPS) is 15.6. The Morgan fingerprint density at radius 2 is 2.10 bits per heavy atom. The van der Waals surface area contributed by atoms with Crippen LogP contribution in [0.15, 0.2) is 24.5 Å². The summed E-state index contributed by atoms with van der Waals surface area (Å²) < 4.78 is 0. The van der Waals surface area contributed by atoms with E-state index in [9.17, 15) is 9.59 Å². The number of nitrogens with one attached hydrogen (secondary N) is 1. The molecule has 2 rings (SSSR count). The van der Waals surface area contributed by atoms with Crippen LogP contribution < -0.4 is 5.32 Å². The van der Waals surface area contributed by atoms with Gasteiger partial charge in [-0.1, -0.05) is 12.8 Å². The van der Waals surface area contributed by atoms with Gasteiger partial charge in [0.15, 0.2) is 0 Å². The van der Waals surface area contributed by atoms with Gasteiger partial charge in [0.1, 0.15) is 0 Å². The third kappa shape index (κ3) is 4.19. The third-order valence-electron chi connectivity index (χ3n) is 3.47. The minimum absolute atomic E-state index is 0.157. The first-order chi connectivity index (χ1) is 9.65. The second kappa shape index (κ2) is 6.84. The van der Waals surface area contributed by atoms with Crippen molar-refractivity contribution >= 4 is 18.0 Å². The van der Waals surface area contributed by atoms with Crippen molar-refractivity contribution < 1.29 is 14.7 Å². The zero-order valence-electron chi connectivity index (χ0n) is 11.2. The maximum atomic E-state index is 12.0. The molecule has 5 heteroatoms. The zero-order chi connectivity index (χ0) is 14.4. The standard InChI is InChI=1S/C15H18N2O3/c18-14(19)6-5-12-7-13(10-16-8-12)15(20)17-9-11-3-1-2-4-11/h5-8,10-11H,1-4,9H2,(H,17,20)(H,18,19). The highest BCUT2D eigenvalue weighted by molar-refractivity contribution is 5.94. The van der Waals surface area contributed by atoms with E-state index in [1.807, 2.05) is 0 Å². The lowest BCUT2D eigenvalue weighted by atomic mass is 10.1. The molecule has 0 saturated heterocycles. The van der Waals surface area contributed by atoms with Crippen LogP contribution in [0, 0.1) is 5.92 Å². The van der Waals surface area contributed by atoms with E-state index in [1.54, 1.807) is 6.07 Å². The maximum absolute atomic E-state index is 12.0. The van der Waals surface area contributed by atoms with Crippen molar-refractivity contribution in [2.24, 2.45) is 5.92 Å². The van der Waals surface area contributed by atoms with Crippen LogP contribution in [0.25, 0.3) is 6.08 Å². The Labute approximate surface area is 117 Å². The van der Waals surface area contributed by atoms with Gasteiger partial charge in [-0.2, -0.15) is 0 Å². The molecular weight excluding hydrogens is 256 g/mol. The monoisotopic (exact) mass is 274 g/mol. The van der Waals surface area contributed by atoms with E-state index >= 15 is 0 Å². The van der Waals surface area contributed by atoms with Crippen LogP contribution >= 0.6 is 0 Å². The Morgan fingerprint density at radius 3 is 2.80 bits per heavy atom. The summed E-state index contributed by atoms with van der Waals surface area (Å²) in [5, 5.41) is 11.5. The second-order valence-electron chi connectivity index (χ2n) is 5.04. The van der Waals surface area contributed by atoms with Crippen LogP contribution in [0.4, 0.5) is 0 Å². The third-order valence-corrected chi connectivity index (χ3v) is 3.47. The van der Waals surface area contributed by atoms with Crippen molar-refractivity contribution in [2.45, 2.75) is 25.7 Å². The summed E-state index contributed by atoms with van der Waals surface area (Å²) in [5.41, 5.74) is 1.05. The SMILES string of the molecule is O=C(O)C=Cc1cncc(C(=O)NCC2CCCC2)c1. The summed E-state index contributed by atoms with van der Waals surface area (Å²) in [6, 6.07) is 1.64. The zero-order valence-corrected chi connectivity index (χ0v) is 11.2. The highest BCUT2D eigenvalue weighted by Gasteiger charge is 2.16. The highest BCUT2D eigenvalue weighted by Crippen LogP contribution is 2.23. The topological polar surface area (TPSA) is 79.3 Å². The molecule has 1 aromatic heterocycles. The second-order valence-corrected chi connectivity index (χ2v) is 5.04. The Kier molecular flexibility index (Phi) is 4.87. The Hall–Kier alpha value is -2.17. The summed E-state index contributed by atoms with van der Waals surface area (Å²) in [6.07, 6.45) is 10.3. The van der Waals surface area contributed by atoms with Gasteiger partial charge in [0.2, 0.25) is 0 Å². The molecule has 0 radical (unpaired) electrons. The first-order valence-corrected chi connectivity index (χ1v) is 6.79. The molecule has 0 aromatic carbocycles. The van der Waals surface area contributed by atoms with Crippen molar-refractivity contribution in [1.82, 2.24) is 10.3 Å². The van der Waals surface area contributed by atoms with Gasteiger partial charge in [0, 0.05) is 25.0 Å². The fourth-order valence-electron chi connectivity index (χ4n) is 2.39. The number of hydrogen-bond acceptors (Lipinski definition) is 3. The van der Waals surface area contributed by atoms with E-state index < -0.39 is 5.97 Å². The first-order valence-electron chi connectivity index (χ1n) is 6.79. The van der Waals surface area contributed by atoms with Gasteiger partial charge in [-0.15, -0.1) is 0 Å².